The van der Waals surface area contributed by atoms with Gasteiger partial charge in [0, 0.05) is 47.9 Å². The van der Waals surface area contributed by atoms with Crippen molar-refractivity contribution in [2.75, 3.05) is 28.4 Å². The molecule has 6 rings (SSSR count). The molecule has 0 amide bonds. The molecule has 0 aromatic heterocycles. The van der Waals surface area contributed by atoms with Gasteiger partial charge in [-0.1, -0.05) is 0 Å². The van der Waals surface area contributed by atoms with Gasteiger partial charge in [-0.3, -0.25) is 9.59 Å². The van der Waals surface area contributed by atoms with E-state index < -0.39 is 47.5 Å². The van der Waals surface area contributed by atoms with Crippen molar-refractivity contribution in [3.05, 3.63) is 35.4 Å². The van der Waals surface area contributed by atoms with E-state index in [0.29, 0.717) is 11.5 Å². The van der Waals surface area contributed by atoms with Gasteiger partial charge in [0.05, 0.1) is 52.1 Å². The molecule has 0 radical (unpaired) electrons. The maximum Gasteiger partial charge on any atom is 0.212 e. The van der Waals surface area contributed by atoms with Crippen LogP contribution in [0.25, 0.3) is 32.7 Å². The molecule has 2 atom stereocenters. The molecule has 2 aliphatic rings. The van der Waals surface area contributed by atoms with Crippen molar-refractivity contribution < 1.29 is 58.4 Å². The Kier molecular flexibility index (Phi) is 6.49. The Balaban J connectivity index is 1.96. The lowest BCUT2D eigenvalue weighted by Gasteiger charge is -2.35. The van der Waals surface area contributed by atoms with Gasteiger partial charge in [-0.25, -0.2) is 0 Å². The Bertz CT molecular complexity index is 1780. The third kappa shape index (κ3) is 4.20. The van der Waals surface area contributed by atoms with Crippen molar-refractivity contribution in [2.45, 2.75) is 38.3 Å². The van der Waals surface area contributed by atoms with Gasteiger partial charge < -0.3 is 48.8 Å². The maximum atomic E-state index is 13.6. The van der Waals surface area contributed by atoms with Gasteiger partial charge in [0.1, 0.15) is 57.1 Å². The number of hydrogen-bond acceptors (Lipinski definition) is 12. The van der Waals surface area contributed by atoms with Crippen molar-refractivity contribution in [1.29, 1.82) is 0 Å². The molecule has 0 bridgehead atoms. The van der Waals surface area contributed by atoms with Crippen molar-refractivity contribution in [3.63, 3.8) is 0 Å². The summed E-state index contributed by atoms with van der Waals surface area (Å²) in [5.74, 6) is -5.78. The zero-order chi connectivity index (χ0) is 31.9. The number of fused-ring (bicyclic) bond motifs is 4. The van der Waals surface area contributed by atoms with Crippen molar-refractivity contribution in [3.8, 4) is 57.1 Å². The monoisotopic (exact) mass is 606 g/mol. The molecule has 2 aliphatic heterocycles. The number of aliphatic hydroxyl groups is 2. The number of aromatic hydroxyl groups is 2. The van der Waals surface area contributed by atoms with Gasteiger partial charge in [-0.05, 0) is 12.1 Å². The molecule has 4 aromatic rings. The van der Waals surface area contributed by atoms with E-state index in [1.807, 2.05) is 0 Å². The Morgan fingerprint density at radius 2 is 0.977 bits per heavy atom. The molecule has 230 valence electrons. The summed E-state index contributed by atoms with van der Waals surface area (Å²) in [6.45, 7) is 2.60. The normalized spacial score (nSPS) is 20.9. The van der Waals surface area contributed by atoms with Crippen molar-refractivity contribution in [2.24, 2.45) is 0 Å². The lowest BCUT2D eigenvalue weighted by molar-refractivity contribution is -0.125. The number of ether oxygens (including phenoxy) is 6. The average Bonchev–Trinajstić information content (AvgIpc) is 2.95. The van der Waals surface area contributed by atoms with Crippen LogP contribution < -0.4 is 28.4 Å². The predicted molar refractivity (Wildman–Crippen MR) is 157 cm³/mol. The SMILES string of the molecule is COc1cc(OC)c2c(O)c3c(c(-c4c5c(c(O)c6c(OC)cc(OC)cc46)C(=O)CC(C)(O)O5)c2c1)OC(C)(O)CC3=O. The molecule has 2 unspecified atom stereocenters. The highest BCUT2D eigenvalue weighted by Crippen LogP contribution is 2.59. The minimum absolute atomic E-state index is 0.0698. The number of rotatable bonds is 5. The zero-order valence-corrected chi connectivity index (χ0v) is 24.8. The van der Waals surface area contributed by atoms with Gasteiger partial charge in [0.15, 0.2) is 11.6 Å². The Hall–Kier alpha value is -4.94. The molecule has 12 nitrogen and oxygen atoms in total. The Labute approximate surface area is 250 Å². The molecular formula is C32H30O12. The highest BCUT2D eigenvalue weighted by atomic mass is 16.6. The van der Waals surface area contributed by atoms with Crippen LogP contribution in [0.4, 0.5) is 0 Å². The molecule has 4 N–H and O–H groups in total. The van der Waals surface area contributed by atoms with Crippen LogP contribution in [0, 0.1) is 0 Å². The number of hydrogen-bond donors (Lipinski definition) is 4. The number of methoxy groups -OCH3 is 4. The van der Waals surface area contributed by atoms with Crippen LogP contribution in [-0.2, 0) is 0 Å². The van der Waals surface area contributed by atoms with Gasteiger partial charge in [0.2, 0.25) is 11.6 Å². The summed E-state index contributed by atoms with van der Waals surface area (Å²) >= 11 is 0. The average molecular weight is 607 g/mol. The summed E-state index contributed by atoms with van der Waals surface area (Å²) in [5.41, 5.74) is -0.358. The highest BCUT2D eigenvalue weighted by Gasteiger charge is 2.44. The van der Waals surface area contributed by atoms with Crippen LogP contribution in [-0.4, -0.2) is 72.0 Å². The molecule has 0 fully saturated rings. The van der Waals surface area contributed by atoms with E-state index in [4.69, 9.17) is 28.4 Å². The van der Waals surface area contributed by atoms with E-state index in [-0.39, 0.29) is 66.8 Å². The summed E-state index contributed by atoms with van der Waals surface area (Å²) in [7, 11) is 5.61. The fourth-order valence-electron chi connectivity index (χ4n) is 6.08. The van der Waals surface area contributed by atoms with E-state index >= 15 is 0 Å². The lowest BCUT2D eigenvalue weighted by atomic mass is 9.83. The van der Waals surface area contributed by atoms with Crippen LogP contribution >= 0.6 is 0 Å². The predicted octanol–water partition coefficient (Wildman–Crippen LogP) is 4.45. The largest absolute Gasteiger partial charge is 0.506 e. The third-order valence-corrected chi connectivity index (χ3v) is 7.89. The fraction of sp³-hybridized carbons (Fsp3) is 0.312. The Morgan fingerprint density at radius 3 is 1.30 bits per heavy atom. The first-order chi connectivity index (χ1) is 20.8. The van der Waals surface area contributed by atoms with Gasteiger partial charge in [-0.2, -0.15) is 0 Å². The summed E-state index contributed by atoms with van der Waals surface area (Å²) in [4.78, 5) is 27.1. The fourth-order valence-corrected chi connectivity index (χ4v) is 6.08. The molecule has 0 spiro atoms. The molecule has 0 saturated heterocycles. The van der Waals surface area contributed by atoms with E-state index in [1.165, 1.54) is 54.4 Å². The second kappa shape index (κ2) is 9.79. The quantitative estimate of drug-likeness (QED) is 0.252. The summed E-state index contributed by atoms with van der Waals surface area (Å²) in [6.07, 6.45) is -0.951. The molecule has 4 aromatic carbocycles. The number of Topliss-reactive ketones (excluding diaryl/α,β-unsaturated/α-hetero) is 2. The summed E-state index contributed by atoms with van der Waals surface area (Å²) in [5, 5.41) is 45.8. The molecule has 2 heterocycles. The summed E-state index contributed by atoms with van der Waals surface area (Å²) < 4.78 is 34.3. The third-order valence-electron chi connectivity index (χ3n) is 7.89. The second-order valence-electron chi connectivity index (χ2n) is 11.1. The van der Waals surface area contributed by atoms with Gasteiger partial charge in [-0.15, -0.1) is 0 Å². The summed E-state index contributed by atoms with van der Waals surface area (Å²) in [6, 6.07) is 6.14. The van der Waals surface area contributed by atoms with Crippen LogP contribution in [0.2, 0.25) is 0 Å². The van der Waals surface area contributed by atoms with Gasteiger partial charge in [0.25, 0.3) is 0 Å². The lowest BCUT2D eigenvalue weighted by Crippen LogP contribution is -2.40. The van der Waals surface area contributed by atoms with Gasteiger partial charge >= 0.3 is 0 Å². The minimum atomic E-state index is -1.99. The molecule has 0 saturated carbocycles. The first-order valence-electron chi connectivity index (χ1n) is 13.5. The number of carbonyl (C=O) groups excluding carboxylic acids is 2. The number of phenols is 2. The van der Waals surface area contributed by atoms with Crippen LogP contribution in [0.5, 0.6) is 46.0 Å². The standard InChI is InChI=1S/C32H30O12/c1-31(37)11-17(33)25-27(35)21-15(7-13(39-3)9-19(21)41-5)23(29(25)43-31)24-16-8-14(40-4)10-20(42-6)22(16)28(36)26-18(34)12-32(2,38)44-30(24)26/h7-10,35-38H,11-12H2,1-6H3. The zero-order valence-electron chi connectivity index (χ0n) is 24.8. The maximum absolute atomic E-state index is 13.6. The van der Waals surface area contributed by atoms with Crippen molar-refractivity contribution >= 4 is 33.1 Å². The molecule has 44 heavy (non-hydrogen) atoms. The van der Waals surface area contributed by atoms with E-state index in [0.717, 1.165) is 0 Å². The smallest absolute Gasteiger partial charge is 0.212 e. The number of benzene rings is 4. The molecular weight excluding hydrogens is 576 g/mol. The van der Waals surface area contributed by atoms with E-state index in [2.05, 4.69) is 0 Å². The second-order valence-corrected chi connectivity index (χ2v) is 11.1. The first-order valence-corrected chi connectivity index (χ1v) is 13.5. The number of ketones is 2. The van der Waals surface area contributed by atoms with Crippen LogP contribution in [0.3, 0.4) is 0 Å². The topological polar surface area (TPSA) is 170 Å². The Morgan fingerprint density at radius 1 is 0.614 bits per heavy atom. The van der Waals surface area contributed by atoms with Crippen LogP contribution in [0.15, 0.2) is 24.3 Å². The first kappa shape index (κ1) is 29.1. The molecule has 12 heteroatoms. The van der Waals surface area contributed by atoms with E-state index in [9.17, 15) is 30.0 Å². The number of carbonyl (C=O) groups is 2. The van der Waals surface area contributed by atoms with E-state index in [1.54, 1.807) is 12.1 Å². The minimum Gasteiger partial charge on any atom is -0.506 e. The van der Waals surface area contributed by atoms with Crippen molar-refractivity contribution in [1.82, 2.24) is 0 Å². The molecule has 0 aliphatic carbocycles. The number of phenolic OH excluding ortho intramolecular Hbond substituents is 2. The van der Waals surface area contributed by atoms with Crippen LogP contribution in [0.1, 0.15) is 47.4 Å². The highest BCUT2D eigenvalue weighted by molar-refractivity contribution is 6.23.